The Kier molecular flexibility index (Phi) is 8.76. The number of aromatic nitrogens is 2. The number of carbonyl (C=O) groups excluding carboxylic acids is 2. The Balaban J connectivity index is 1.08. The fourth-order valence-corrected chi connectivity index (χ4v) is 6.91. The van der Waals surface area contributed by atoms with Crippen molar-refractivity contribution >= 4 is 44.9 Å². The highest BCUT2D eigenvalue weighted by Crippen LogP contribution is 2.30. The number of benzene rings is 3. The molecule has 1 saturated heterocycles. The van der Waals surface area contributed by atoms with E-state index in [0.29, 0.717) is 18.2 Å². The van der Waals surface area contributed by atoms with Gasteiger partial charge >= 0.3 is 6.03 Å². The fraction of sp³-hybridized carbons (Fsp3) is 0.324. The Hall–Kier alpha value is -4.43. The third-order valence-electron chi connectivity index (χ3n) is 8.64. The van der Waals surface area contributed by atoms with Crippen molar-refractivity contribution in [2.45, 2.75) is 58.8 Å². The molecule has 1 fully saturated rings. The Labute approximate surface area is 269 Å². The summed E-state index contributed by atoms with van der Waals surface area (Å²) in [5, 5.41) is 14.3. The minimum Gasteiger partial charge on any atom is -0.342 e. The van der Waals surface area contributed by atoms with E-state index in [1.54, 1.807) is 16.0 Å². The van der Waals surface area contributed by atoms with Crippen molar-refractivity contribution in [1.82, 2.24) is 14.7 Å². The molecule has 45 heavy (non-hydrogen) atoms. The summed E-state index contributed by atoms with van der Waals surface area (Å²) in [5.41, 5.74) is 5.80. The molecule has 7 nitrogen and oxygen atoms in total. The van der Waals surface area contributed by atoms with Crippen LogP contribution in [0.25, 0.3) is 15.8 Å². The number of anilines is 2. The van der Waals surface area contributed by atoms with Gasteiger partial charge in [0.1, 0.15) is 5.82 Å². The van der Waals surface area contributed by atoms with Crippen LogP contribution >= 0.6 is 11.3 Å². The number of nitrogens with one attached hydrogen (secondary N) is 2. The van der Waals surface area contributed by atoms with Gasteiger partial charge in [0.05, 0.1) is 17.8 Å². The molecule has 6 rings (SSSR count). The average molecular weight is 620 g/mol. The SMILES string of the molecule is Cc1ccc(-n2nc(C(C)(C)C)cc2NC(=O)Nc2ccccc2CC2CCN(C(=O)Cc3csc4ccccc34)CC2)cc1. The van der Waals surface area contributed by atoms with Gasteiger partial charge in [-0.15, -0.1) is 11.3 Å². The lowest BCUT2D eigenvalue weighted by molar-refractivity contribution is -0.131. The van der Waals surface area contributed by atoms with E-state index in [1.807, 2.05) is 72.5 Å². The molecular weight excluding hydrogens is 579 g/mol. The van der Waals surface area contributed by atoms with Crippen LogP contribution in [-0.4, -0.2) is 39.7 Å². The Morgan fingerprint density at radius 2 is 1.62 bits per heavy atom. The van der Waals surface area contributed by atoms with Crippen molar-refractivity contribution in [3.05, 3.63) is 107 Å². The highest BCUT2D eigenvalue weighted by Gasteiger charge is 2.25. The molecule has 0 bridgehead atoms. The number of aryl methyl sites for hydroxylation is 1. The van der Waals surface area contributed by atoms with Gasteiger partial charge in [0.15, 0.2) is 0 Å². The quantitative estimate of drug-likeness (QED) is 0.192. The molecular formula is C37H41N5O2S. The average Bonchev–Trinajstić information content (AvgIpc) is 3.63. The minimum absolute atomic E-state index is 0.173. The largest absolute Gasteiger partial charge is 0.342 e. The van der Waals surface area contributed by atoms with E-state index < -0.39 is 0 Å². The molecule has 3 aromatic carbocycles. The standard InChI is InChI=1S/C37H41N5O2S/c1-25-13-15-29(16-14-25)42-34(23-33(40-42)37(2,3)4)39-36(44)38-31-11-7-5-9-27(31)21-26-17-19-41(20-18-26)35(43)22-28-24-45-32-12-8-6-10-30(28)32/h5-16,23-24,26H,17-22H2,1-4H3,(H2,38,39,44). The molecule has 0 unspecified atom stereocenters. The van der Waals surface area contributed by atoms with Crippen LogP contribution in [0.1, 0.15) is 56.0 Å². The number of hydrogen-bond donors (Lipinski definition) is 2. The van der Waals surface area contributed by atoms with E-state index in [0.717, 1.165) is 66.1 Å². The van der Waals surface area contributed by atoms with E-state index in [1.165, 1.54) is 10.1 Å². The normalized spacial score (nSPS) is 14.1. The zero-order chi connectivity index (χ0) is 31.6. The third-order valence-corrected chi connectivity index (χ3v) is 9.65. The molecule has 2 aromatic heterocycles. The number of carbonyl (C=O) groups is 2. The Morgan fingerprint density at radius 3 is 2.38 bits per heavy atom. The monoisotopic (exact) mass is 619 g/mol. The zero-order valence-electron chi connectivity index (χ0n) is 26.5. The van der Waals surface area contributed by atoms with E-state index in [-0.39, 0.29) is 17.4 Å². The number of fused-ring (bicyclic) bond motifs is 1. The van der Waals surface area contributed by atoms with E-state index in [2.05, 4.69) is 55.0 Å². The predicted molar refractivity (Wildman–Crippen MR) is 185 cm³/mol. The van der Waals surface area contributed by atoms with Crippen molar-refractivity contribution in [3.63, 3.8) is 0 Å². The number of amides is 3. The summed E-state index contributed by atoms with van der Waals surface area (Å²) in [7, 11) is 0. The van der Waals surface area contributed by atoms with Gasteiger partial charge in [0.2, 0.25) is 5.91 Å². The lowest BCUT2D eigenvalue weighted by Crippen LogP contribution is -2.39. The third kappa shape index (κ3) is 7.12. The summed E-state index contributed by atoms with van der Waals surface area (Å²) < 4.78 is 3.02. The second kappa shape index (κ2) is 12.9. The maximum absolute atomic E-state index is 13.3. The van der Waals surface area contributed by atoms with Gasteiger partial charge in [-0.05, 0) is 78.3 Å². The van der Waals surface area contributed by atoms with Crippen LogP contribution in [0.15, 0.2) is 84.2 Å². The summed E-state index contributed by atoms with van der Waals surface area (Å²) >= 11 is 1.70. The lowest BCUT2D eigenvalue weighted by Gasteiger charge is -2.32. The zero-order valence-corrected chi connectivity index (χ0v) is 27.3. The summed E-state index contributed by atoms with van der Waals surface area (Å²) in [4.78, 5) is 28.5. The van der Waals surface area contributed by atoms with Crippen molar-refractivity contribution in [2.24, 2.45) is 5.92 Å². The second-order valence-electron chi connectivity index (χ2n) is 13.1. The maximum atomic E-state index is 13.3. The van der Waals surface area contributed by atoms with Crippen molar-refractivity contribution in [1.29, 1.82) is 0 Å². The van der Waals surface area contributed by atoms with Crippen molar-refractivity contribution in [2.75, 3.05) is 23.7 Å². The molecule has 0 aliphatic carbocycles. The van der Waals surface area contributed by atoms with Crippen LogP contribution in [0.2, 0.25) is 0 Å². The number of urea groups is 1. The van der Waals surface area contributed by atoms with Crippen LogP contribution in [0.5, 0.6) is 0 Å². The first-order chi connectivity index (χ1) is 21.6. The van der Waals surface area contributed by atoms with Crippen LogP contribution in [0, 0.1) is 12.8 Å². The fourth-order valence-electron chi connectivity index (χ4n) is 5.95. The molecule has 0 spiro atoms. The van der Waals surface area contributed by atoms with Gasteiger partial charge in [-0.3, -0.25) is 10.1 Å². The van der Waals surface area contributed by atoms with Gasteiger partial charge < -0.3 is 10.2 Å². The summed E-state index contributed by atoms with van der Waals surface area (Å²) in [6.07, 6.45) is 3.20. The number of para-hydroxylation sites is 1. The number of nitrogens with zero attached hydrogens (tertiary/aromatic N) is 3. The predicted octanol–water partition coefficient (Wildman–Crippen LogP) is 8.36. The summed E-state index contributed by atoms with van der Waals surface area (Å²) in [5.74, 6) is 1.26. The molecule has 2 N–H and O–H groups in total. The van der Waals surface area contributed by atoms with Crippen LogP contribution in [0.3, 0.4) is 0 Å². The molecule has 0 saturated carbocycles. The number of hydrogen-bond acceptors (Lipinski definition) is 4. The van der Waals surface area contributed by atoms with E-state index >= 15 is 0 Å². The van der Waals surface area contributed by atoms with Crippen LogP contribution in [-0.2, 0) is 23.1 Å². The molecule has 8 heteroatoms. The van der Waals surface area contributed by atoms with Crippen LogP contribution < -0.4 is 10.6 Å². The molecule has 3 heterocycles. The number of thiophene rings is 1. The summed E-state index contributed by atoms with van der Waals surface area (Å²) in [6.45, 7) is 9.91. The van der Waals surface area contributed by atoms with Gasteiger partial charge in [-0.1, -0.05) is 74.9 Å². The molecule has 3 amide bonds. The first kappa shape index (κ1) is 30.6. The van der Waals surface area contributed by atoms with E-state index in [4.69, 9.17) is 5.10 Å². The van der Waals surface area contributed by atoms with Gasteiger partial charge in [0, 0.05) is 35.0 Å². The number of likely N-dealkylation sites (tertiary alicyclic amines) is 1. The topological polar surface area (TPSA) is 79.3 Å². The van der Waals surface area contributed by atoms with E-state index in [9.17, 15) is 9.59 Å². The first-order valence-electron chi connectivity index (χ1n) is 15.7. The molecule has 5 aromatic rings. The van der Waals surface area contributed by atoms with Gasteiger partial charge in [0.25, 0.3) is 0 Å². The molecule has 1 aliphatic rings. The van der Waals surface area contributed by atoms with Gasteiger partial charge in [-0.25, -0.2) is 9.48 Å². The Bertz CT molecular complexity index is 1810. The van der Waals surface area contributed by atoms with Crippen LogP contribution in [0.4, 0.5) is 16.3 Å². The second-order valence-corrected chi connectivity index (χ2v) is 14.0. The van der Waals surface area contributed by atoms with Crippen molar-refractivity contribution < 1.29 is 9.59 Å². The smallest absolute Gasteiger partial charge is 0.324 e. The van der Waals surface area contributed by atoms with Gasteiger partial charge in [-0.2, -0.15) is 5.10 Å². The highest BCUT2D eigenvalue weighted by molar-refractivity contribution is 7.17. The number of rotatable bonds is 7. The molecule has 0 atom stereocenters. The molecule has 1 aliphatic heterocycles. The lowest BCUT2D eigenvalue weighted by atomic mass is 9.89. The Morgan fingerprint density at radius 1 is 0.911 bits per heavy atom. The number of piperidine rings is 1. The minimum atomic E-state index is -0.308. The molecule has 0 radical (unpaired) electrons. The summed E-state index contributed by atoms with van der Waals surface area (Å²) in [6, 6.07) is 26.0. The highest BCUT2D eigenvalue weighted by atomic mass is 32.1. The van der Waals surface area contributed by atoms with Crippen molar-refractivity contribution in [3.8, 4) is 5.69 Å². The molecule has 232 valence electrons. The first-order valence-corrected chi connectivity index (χ1v) is 16.6. The maximum Gasteiger partial charge on any atom is 0.324 e.